The highest BCUT2D eigenvalue weighted by Crippen LogP contribution is 2.07. The van der Waals surface area contributed by atoms with Crippen molar-refractivity contribution < 1.29 is 14.0 Å². The van der Waals surface area contributed by atoms with Gasteiger partial charge < -0.3 is 15.1 Å². The second-order valence-electron chi connectivity index (χ2n) is 3.46. The van der Waals surface area contributed by atoms with E-state index < -0.39 is 0 Å². The largest absolute Gasteiger partial charge is 0.467 e. The van der Waals surface area contributed by atoms with Crippen molar-refractivity contribution in [1.29, 1.82) is 0 Å². The molecule has 1 saturated heterocycles. The van der Waals surface area contributed by atoms with Crippen LogP contribution in [0.2, 0.25) is 0 Å². The van der Waals surface area contributed by atoms with Crippen LogP contribution in [0.5, 0.6) is 0 Å². The van der Waals surface area contributed by atoms with E-state index in [0.717, 1.165) is 0 Å². The molecule has 2 amide bonds. The molecular weight excluding hydrogens is 196 g/mol. The number of hydrogen-bond acceptors (Lipinski definition) is 3. The third kappa shape index (κ3) is 2.37. The number of carbonyl (C=O) groups excluding carboxylic acids is 2. The molecule has 0 aromatic carbocycles. The topological polar surface area (TPSA) is 71.3 Å². The summed E-state index contributed by atoms with van der Waals surface area (Å²) in [6.45, 7) is 0.359. The highest BCUT2D eigenvalue weighted by atomic mass is 16.3. The van der Waals surface area contributed by atoms with Crippen LogP contribution >= 0.6 is 0 Å². The second kappa shape index (κ2) is 4.16. The van der Waals surface area contributed by atoms with E-state index in [1.165, 1.54) is 0 Å². The van der Waals surface area contributed by atoms with Crippen molar-refractivity contribution in [2.45, 2.75) is 25.4 Å². The molecule has 1 unspecified atom stereocenters. The van der Waals surface area contributed by atoms with Crippen molar-refractivity contribution in [3.8, 4) is 0 Å². The van der Waals surface area contributed by atoms with Crippen molar-refractivity contribution in [3.05, 3.63) is 24.2 Å². The molecule has 1 aromatic heterocycles. The van der Waals surface area contributed by atoms with E-state index >= 15 is 0 Å². The number of carbonyl (C=O) groups is 2. The lowest BCUT2D eigenvalue weighted by atomic mass is 10.2. The molecular formula is C10H12N2O3. The minimum Gasteiger partial charge on any atom is -0.467 e. The summed E-state index contributed by atoms with van der Waals surface area (Å²) in [5, 5.41) is 5.30. The number of furan rings is 1. The second-order valence-corrected chi connectivity index (χ2v) is 3.46. The first kappa shape index (κ1) is 9.76. The van der Waals surface area contributed by atoms with Gasteiger partial charge in [-0.25, -0.2) is 0 Å². The average molecular weight is 208 g/mol. The zero-order valence-corrected chi connectivity index (χ0v) is 8.16. The molecule has 5 nitrogen and oxygen atoms in total. The van der Waals surface area contributed by atoms with Gasteiger partial charge in [-0.05, 0) is 18.6 Å². The van der Waals surface area contributed by atoms with E-state index in [-0.39, 0.29) is 17.9 Å². The van der Waals surface area contributed by atoms with Crippen LogP contribution in [0.1, 0.15) is 18.6 Å². The van der Waals surface area contributed by atoms with Gasteiger partial charge in [0, 0.05) is 6.42 Å². The molecule has 0 bridgehead atoms. The predicted molar refractivity (Wildman–Crippen MR) is 51.7 cm³/mol. The summed E-state index contributed by atoms with van der Waals surface area (Å²) in [6, 6.07) is 3.17. The Morgan fingerprint density at radius 3 is 3.13 bits per heavy atom. The van der Waals surface area contributed by atoms with Gasteiger partial charge in [-0.1, -0.05) is 0 Å². The molecule has 1 fully saturated rings. The molecule has 80 valence electrons. The summed E-state index contributed by atoms with van der Waals surface area (Å²) in [7, 11) is 0. The fraction of sp³-hybridized carbons (Fsp3) is 0.400. The van der Waals surface area contributed by atoms with Crippen molar-refractivity contribution in [1.82, 2.24) is 10.6 Å². The smallest absolute Gasteiger partial charge is 0.242 e. The van der Waals surface area contributed by atoms with E-state index in [1.807, 2.05) is 0 Å². The zero-order valence-electron chi connectivity index (χ0n) is 8.16. The van der Waals surface area contributed by atoms with Gasteiger partial charge in [-0.15, -0.1) is 0 Å². The van der Waals surface area contributed by atoms with Crippen LogP contribution < -0.4 is 10.6 Å². The molecule has 1 aliphatic heterocycles. The van der Waals surface area contributed by atoms with Gasteiger partial charge in [0.25, 0.3) is 0 Å². The molecule has 0 spiro atoms. The van der Waals surface area contributed by atoms with E-state index in [4.69, 9.17) is 4.42 Å². The fourth-order valence-corrected chi connectivity index (χ4v) is 1.52. The first-order valence-corrected chi connectivity index (χ1v) is 4.85. The molecule has 0 radical (unpaired) electrons. The maximum absolute atomic E-state index is 11.5. The van der Waals surface area contributed by atoms with Crippen molar-refractivity contribution in [3.63, 3.8) is 0 Å². The van der Waals surface area contributed by atoms with E-state index in [9.17, 15) is 9.59 Å². The van der Waals surface area contributed by atoms with E-state index in [2.05, 4.69) is 10.6 Å². The Labute approximate surface area is 86.8 Å². The summed E-state index contributed by atoms with van der Waals surface area (Å²) in [5.74, 6) is 0.484. The van der Waals surface area contributed by atoms with Gasteiger partial charge >= 0.3 is 0 Å². The summed E-state index contributed by atoms with van der Waals surface area (Å²) in [5.41, 5.74) is 0. The van der Waals surface area contributed by atoms with Crippen LogP contribution in [-0.4, -0.2) is 17.9 Å². The average Bonchev–Trinajstić information content (AvgIpc) is 2.84. The quantitative estimate of drug-likeness (QED) is 0.744. The normalized spacial score (nSPS) is 20.0. The van der Waals surface area contributed by atoms with Gasteiger partial charge in [0.05, 0.1) is 12.8 Å². The number of amides is 2. The lowest BCUT2D eigenvalue weighted by Crippen LogP contribution is -2.41. The minimum absolute atomic E-state index is 0.0619. The van der Waals surface area contributed by atoms with Crippen LogP contribution in [0.15, 0.2) is 22.8 Å². The first-order valence-electron chi connectivity index (χ1n) is 4.85. The molecule has 0 aliphatic carbocycles. The third-order valence-corrected chi connectivity index (χ3v) is 2.33. The van der Waals surface area contributed by atoms with Gasteiger partial charge in [-0.3, -0.25) is 9.59 Å². The van der Waals surface area contributed by atoms with Crippen molar-refractivity contribution in [2.24, 2.45) is 0 Å². The lowest BCUT2D eigenvalue weighted by Gasteiger charge is -2.09. The molecule has 15 heavy (non-hydrogen) atoms. The first-order chi connectivity index (χ1) is 7.25. The van der Waals surface area contributed by atoms with Gasteiger partial charge in [0.15, 0.2) is 0 Å². The van der Waals surface area contributed by atoms with Crippen LogP contribution in [0.3, 0.4) is 0 Å². The monoisotopic (exact) mass is 208 g/mol. The summed E-state index contributed by atoms with van der Waals surface area (Å²) < 4.78 is 5.07. The van der Waals surface area contributed by atoms with Crippen LogP contribution in [0.25, 0.3) is 0 Å². The predicted octanol–water partition coefficient (Wildman–Crippen LogP) is 0.174. The van der Waals surface area contributed by atoms with Gasteiger partial charge in [0.2, 0.25) is 11.8 Å². The Morgan fingerprint density at radius 1 is 1.67 bits per heavy atom. The maximum Gasteiger partial charge on any atom is 0.242 e. The Bertz CT molecular complexity index is 359. The van der Waals surface area contributed by atoms with E-state index in [1.54, 1.807) is 18.4 Å². The SMILES string of the molecule is O=C1CCC(C(=O)NCc2ccco2)N1. The van der Waals surface area contributed by atoms with Crippen LogP contribution in [-0.2, 0) is 16.1 Å². The number of nitrogens with one attached hydrogen (secondary N) is 2. The van der Waals surface area contributed by atoms with E-state index in [0.29, 0.717) is 25.1 Å². The molecule has 2 heterocycles. The molecule has 1 atom stereocenters. The number of hydrogen-bond donors (Lipinski definition) is 2. The zero-order chi connectivity index (χ0) is 10.7. The lowest BCUT2D eigenvalue weighted by molar-refractivity contribution is -0.125. The molecule has 0 saturated carbocycles. The summed E-state index contributed by atoms with van der Waals surface area (Å²) >= 11 is 0. The maximum atomic E-state index is 11.5. The van der Waals surface area contributed by atoms with Crippen LogP contribution in [0.4, 0.5) is 0 Å². The Kier molecular flexibility index (Phi) is 2.71. The highest BCUT2D eigenvalue weighted by Gasteiger charge is 2.26. The highest BCUT2D eigenvalue weighted by molar-refractivity contribution is 5.90. The standard InChI is InChI=1S/C10H12N2O3/c13-9-4-3-8(12-9)10(14)11-6-7-2-1-5-15-7/h1-2,5,8H,3-4,6H2,(H,11,14)(H,12,13). The summed E-state index contributed by atoms with van der Waals surface area (Å²) in [4.78, 5) is 22.4. The summed E-state index contributed by atoms with van der Waals surface area (Å²) in [6.07, 6.45) is 2.56. The molecule has 2 rings (SSSR count). The molecule has 2 N–H and O–H groups in total. The fourth-order valence-electron chi connectivity index (χ4n) is 1.52. The van der Waals surface area contributed by atoms with Crippen LogP contribution in [0, 0.1) is 0 Å². The molecule has 1 aliphatic rings. The number of rotatable bonds is 3. The Hall–Kier alpha value is -1.78. The Morgan fingerprint density at radius 2 is 2.53 bits per heavy atom. The molecule has 1 aromatic rings. The van der Waals surface area contributed by atoms with Crippen molar-refractivity contribution in [2.75, 3.05) is 0 Å². The van der Waals surface area contributed by atoms with Gasteiger partial charge in [0.1, 0.15) is 11.8 Å². The minimum atomic E-state index is -0.382. The Balaban J connectivity index is 1.80. The third-order valence-electron chi connectivity index (χ3n) is 2.33. The van der Waals surface area contributed by atoms with Gasteiger partial charge in [-0.2, -0.15) is 0 Å². The van der Waals surface area contributed by atoms with Crippen molar-refractivity contribution >= 4 is 11.8 Å². The molecule has 5 heteroatoms.